The van der Waals surface area contributed by atoms with E-state index in [-0.39, 0.29) is 11.3 Å². The first-order chi connectivity index (χ1) is 14.3. The number of rotatable bonds is 7. The summed E-state index contributed by atoms with van der Waals surface area (Å²) in [4.78, 5) is 37.8. The summed E-state index contributed by atoms with van der Waals surface area (Å²) in [5.41, 5.74) is -1.50. The smallest absolute Gasteiger partial charge is 0.333 e. The predicted octanol–water partition coefficient (Wildman–Crippen LogP) is -1.48. The van der Waals surface area contributed by atoms with E-state index in [4.69, 9.17) is 14.2 Å². The van der Waals surface area contributed by atoms with Crippen LogP contribution in [0.15, 0.2) is 40.1 Å². The van der Waals surface area contributed by atoms with Crippen molar-refractivity contribution in [3.63, 3.8) is 0 Å². The van der Waals surface area contributed by atoms with Crippen molar-refractivity contribution in [2.45, 2.75) is 31.1 Å². The van der Waals surface area contributed by atoms with Gasteiger partial charge < -0.3 is 29.5 Å². The van der Waals surface area contributed by atoms with Crippen molar-refractivity contribution in [2.75, 3.05) is 20.8 Å². The van der Waals surface area contributed by atoms with Crippen LogP contribution in [0.1, 0.15) is 16.6 Å². The van der Waals surface area contributed by atoms with Crippen LogP contribution >= 0.6 is 0 Å². The average Bonchev–Trinajstić information content (AvgIpc) is 3.04. The lowest BCUT2D eigenvalue weighted by atomic mass is 10.1. The molecule has 162 valence electrons. The molecule has 0 unspecified atom stereocenters. The molecule has 11 nitrogen and oxygen atoms in total. The number of carbonyl (C=O) groups is 1. The zero-order valence-electron chi connectivity index (χ0n) is 16.3. The van der Waals surface area contributed by atoms with Crippen LogP contribution in [0.4, 0.5) is 0 Å². The molecule has 0 radical (unpaired) electrons. The van der Waals surface area contributed by atoms with Crippen molar-refractivity contribution < 1.29 is 34.3 Å². The second-order valence-electron chi connectivity index (χ2n) is 6.65. The van der Waals surface area contributed by atoms with Crippen LogP contribution in [0.3, 0.4) is 0 Å². The van der Waals surface area contributed by atoms with E-state index in [9.17, 15) is 29.7 Å². The van der Waals surface area contributed by atoms with Crippen LogP contribution in [0, 0.1) is 0 Å². The van der Waals surface area contributed by atoms with Crippen molar-refractivity contribution in [1.29, 1.82) is 0 Å². The van der Waals surface area contributed by atoms with E-state index in [1.807, 2.05) is 0 Å². The van der Waals surface area contributed by atoms with Gasteiger partial charge in [0, 0.05) is 18.3 Å². The summed E-state index contributed by atoms with van der Waals surface area (Å²) in [5.74, 6) is 0.117. The quantitative estimate of drug-likeness (QED) is 0.454. The highest BCUT2D eigenvalue weighted by Gasteiger charge is 2.43. The molecule has 0 saturated carbocycles. The third-order valence-corrected chi connectivity index (χ3v) is 4.90. The molecule has 1 aliphatic rings. The minimum absolute atomic E-state index is 0.146. The van der Waals surface area contributed by atoms with Crippen molar-refractivity contribution in [3.05, 3.63) is 56.9 Å². The molecular weight excluding hydrogens is 400 g/mol. The Hall–Kier alpha value is -2.99. The van der Waals surface area contributed by atoms with Crippen LogP contribution in [-0.2, 0) is 11.3 Å². The summed E-state index contributed by atoms with van der Waals surface area (Å²) in [6.07, 6.45) is -4.26. The summed E-state index contributed by atoms with van der Waals surface area (Å²) in [6, 6.07) is 5.53. The molecule has 3 N–H and O–H groups in total. The number of carbonyl (C=O) groups excluding carboxylic acids is 1. The molecule has 1 fully saturated rings. The van der Waals surface area contributed by atoms with Gasteiger partial charge in [-0.2, -0.15) is 0 Å². The monoisotopic (exact) mass is 422 g/mol. The number of benzene rings is 1. The topological polar surface area (TPSA) is 149 Å². The van der Waals surface area contributed by atoms with Crippen molar-refractivity contribution in [1.82, 2.24) is 9.13 Å². The standard InChI is InChI=1S/C19H22N2O9/c1-28-10-3-4-11(13(7-10)29-2)12(23)8-21-15(24)5-6-20(19(21)27)18-17(26)16(25)14(9-22)30-18/h3-7,14,16-18,22,25-26H,8-9H2,1-2H3/t14-,16-,17+,18-/m1/s1. The summed E-state index contributed by atoms with van der Waals surface area (Å²) >= 11 is 0. The summed E-state index contributed by atoms with van der Waals surface area (Å²) in [6.45, 7) is -1.16. The fourth-order valence-electron chi connectivity index (χ4n) is 3.24. The first-order valence-corrected chi connectivity index (χ1v) is 9.02. The number of hydrogen-bond donors (Lipinski definition) is 3. The Morgan fingerprint density at radius 3 is 2.47 bits per heavy atom. The number of methoxy groups -OCH3 is 2. The fraction of sp³-hybridized carbons (Fsp3) is 0.421. The SMILES string of the molecule is COc1ccc(C(=O)Cn2c(=O)ccn([C@@H]3O[C@H](CO)[C@@H](O)[C@@H]3O)c2=O)c(OC)c1. The molecule has 1 aliphatic heterocycles. The van der Waals surface area contributed by atoms with Crippen molar-refractivity contribution in [3.8, 4) is 11.5 Å². The summed E-state index contributed by atoms with van der Waals surface area (Å²) < 4.78 is 17.2. The van der Waals surface area contributed by atoms with Gasteiger partial charge in [-0.05, 0) is 12.1 Å². The Kier molecular flexibility index (Phi) is 6.37. The van der Waals surface area contributed by atoms with E-state index in [0.717, 1.165) is 16.8 Å². The number of aliphatic hydroxyl groups is 3. The van der Waals surface area contributed by atoms with Gasteiger partial charge in [0.15, 0.2) is 12.0 Å². The third-order valence-electron chi connectivity index (χ3n) is 4.90. The van der Waals surface area contributed by atoms with Gasteiger partial charge in [0.25, 0.3) is 5.56 Å². The number of Topliss-reactive ketones (excluding diaryl/α,β-unsaturated/α-hetero) is 1. The number of aliphatic hydroxyl groups excluding tert-OH is 3. The number of ether oxygens (including phenoxy) is 3. The second kappa shape index (κ2) is 8.79. The van der Waals surface area contributed by atoms with E-state index >= 15 is 0 Å². The lowest BCUT2D eigenvalue weighted by molar-refractivity contribution is -0.0555. The van der Waals surface area contributed by atoms with Gasteiger partial charge >= 0.3 is 5.69 Å². The molecule has 0 aliphatic carbocycles. The fourth-order valence-corrected chi connectivity index (χ4v) is 3.24. The maximum Gasteiger partial charge on any atom is 0.333 e. The highest BCUT2D eigenvalue weighted by atomic mass is 16.6. The number of nitrogens with zero attached hydrogens (tertiary/aromatic N) is 2. The van der Waals surface area contributed by atoms with E-state index in [2.05, 4.69) is 0 Å². The molecule has 1 aromatic carbocycles. The predicted molar refractivity (Wildman–Crippen MR) is 102 cm³/mol. The first-order valence-electron chi connectivity index (χ1n) is 9.02. The maximum absolute atomic E-state index is 12.8. The Bertz CT molecular complexity index is 1050. The van der Waals surface area contributed by atoms with E-state index < -0.39 is 54.7 Å². The molecule has 2 heterocycles. The van der Waals surface area contributed by atoms with E-state index in [1.54, 1.807) is 6.07 Å². The summed E-state index contributed by atoms with van der Waals surface area (Å²) in [5, 5.41) is 29.3. The molecule has 0 spiro atoms. The molecule has 30 heavy (non-hydrogen) atoms. The molecule has 11 heteroatoms. The number of aromatic nitrogens is 2. The van der Waals surface area contributed by atoms with Gasteiger partial charge in [0.2, 0.25) is 0 Å². The zero-order chi connectivity index (χ0) is 22.0. The van der Waals surface area contributed by atoms with Gasteiger partial charge in [0.05, 0.1) is 32.9 Å². The van der Waals surface area contributed by atoms with Crippen LogP contribution in [0.25, 0.3) is 0 Å². The Morgan fingerprint density at radius 1 is 1.13 bits per heavy atom. The Labute approximate surface area is 170 Å². The highest BCUT2D eigenvalue weighted by Crippen LogP contribution is 2.28. The van der Waals surface area contributed by atoms with E-state index in [1.165, 1.54) is 26.4 Å². The maximum atomic E-state index is 12.8. The Morgan fingerprint density at radius 2 is 1.87 bits per heavy atom. The normalized spacial score (nSPS) is 23.4. The van der Waals surface area contributed by atoms with Gasteiger partial charge in [-0.1, -0.05) is 0 Å². The van der Waals surface area contributed by atoms with Crippen LogP contribution in [-0.4, -0.2) is 69.4 Å². The Balaban J connectivity index is 1.95. The van der Waals surface area contributed by atoms with E-state index in [0.29, 0.717) is 10.3 Å². The minimum atomic E-state index is -1.51. The molecule has 0 amide bonds. The van der Waals surface area contributed by atoms with Gasteiger partial charge in [-0.3, -0.25) is 18.7 Å². The summed E-state index contributed by atoms with van der Waals surface area (Å²) in [7, 11) is 2.83. The van der Waals surface area contributed by atoms with Gasteiger partial charge in [-0.15, -0.1) is 0 Å². The number of hydrogen-bond acceptors (Lipinski definition) is 9. The van der Waals surface area contributed by atoms with Crippen molar-refractivity contribution >= 4 is 5.78 Å². The molecule has 3 rings (SSSR count). The minimum Gasteiger partial charge on any atom is -0.497 e. The zero-order valence-corrected chi connectivity index (χ0v) is 16.3. The van der Waals surface area contributed by atoms with Gasteiger partial charge in [-0.25, -0.2) is 4.79 Å². The van der Waals surface area contributed by atoms with Crippen LogP contribution in [0.2, 0.25) is 0 Å². The van der Waals surface area contributed by atoms with Crippen LogP contribution < -0.4 is 20.7 Å². The largest absolute Gasteiger partial charge is 0.497 e. The molecule has 2 aromatic rings. The molecule has 1 aromatic heterocycles. The van der Waals surface area contributed by atoms with Crippen LogP contribution in [0.5, 0.6) is 11.5 Å². The average molecular weight is 422 g/mol. The second-order valence-corrected chi connectivity index (χ2v) is 6.65. The first kappa shape index (κ1) is 21.7. The molecular formula is C19H22N2O9. The highest BCUT2D eigenvalue weighted by molar-refractivity contribution is 5.98. The van der Waals surface area contributed by atoms with Gasteiger partial charge in [0.1, 0.15) is 29.8 Å². The third kappa shape index (κ3) is 3.87. The molecule has 1 saturated heterocycles. The molecule has 4 atom stereocenters. The number of ketones is 1. The lowest BCUT2D eigenvalue weighted by Gasteiger charge is -2.18. The molecule has 0 bridgehead atoms. The lowest BCUT2D eigenvalue weighted by Crippen LogP contribution is -2.44. The van der Waals surface area contributed by atoms with Crippen molar-refractivity contribution in [2.24, 2.45) is 0 Å².